The van der Waals surface area contributed by atoms with E-state index in [1.165, 1.54) is 24.3 Å². The first-order chi connectivity index (χ1) is 14.0. The van der Waals surface area contributed by atoms with Gasteiger partial charge in [-0.1, -0.05) is 0 Å². The van der Waals surface area contributed by atoms with E-state index in [2.05, 4.69) is 4.98 Å². The Balaban J connectivity index is 1.35. The van der Waals surface area contributed by atoms with Gasteiger partial charge in [0.05, 0.1) is 5.69 Å². The molecule has 7 nitrogen and oxygen atoms in total. The Morgan fingerprint density at radius 2 is 2.00 bits per heavy atom. The molecule has 0 radical (unpaired) electrons. The molecule has 1 fully saturated rings. The molecular formula is C21H23FN4O3. The van der Waals surface area contributed by atoms with Crippen LogP contribution >= 0.6 is 0 Å². The van der Waals surface area contributed by atoms with Crippen molar-refractivity contribution >= 4 is 11.8 Å². The fraction of sp³-hybridized carbons (Fsp3) is 0.429. The van der Waals surface area contributed by atoms with E-state index in [1.54, 1.807) is 18.0 Å². The Hall–Kier alpha value is -3.03. The molecule has 0 saturated carbocycles. The van der Waals surface area contributed by atoms with Crippen molar-refractivity contribution in [2.45, 2.75) is 32.2 Å². The quantitative estimate of drug-likeness (QED) is 0.787. The maximum atomic E-state index is 12.9. The van der Waals surface area contributed by atoms with E-state index in [1.807, 2.05) is 4.90 Å². The molecule has 29 heavy (non-hydrogen) atoms. The second kappa shape index (κ2) is 8.14. The molecule has 1 aromatic heterocycles. The van der Waals surface area contributed by atoms with Gasteiger partial charge in [0.15, 0.2) is 6.61 Å². The maximum absolute atomic E-state index is 12.9. The first-order valence-corrected chi connectivity index (χ1v) is 9.76. The summed E-state index contributed by atoms with van der Waals surface area (Å²) in [5, 5.41) is 0. The third-order valence-corrected chi connectivity index (χ3v) is 5.48. The van der Waals surface area contributed by atoms with Crippen molar-refractivity contribution in [3.63, 3.8) is 0 Å². The average molecular weight is 398 g/mol. The number of likely N-dealkylation sites (tertiary alicyclic amines) is 1. The van der Waals surface area contributed by atoms with Crippen LogP contribution in [0.15, 0.2) is 30.5 Å². The van der Waals surface area contributed by atoms with Crippen molar-refractivity contribution in [1.82, 2.24) is 19.8 Å². The van der Waals surface area contributed by atoms with Gasteiger partial charge in [-0.15, -0.1) is 0 Å². The fourth-order valence-corrected chi connectivity index (χ4v) is 3.77. The summed E-state index contributed by atoms with van der Waals surface area (Å²) in [6.45, 7) is 3.92. The molecule has 1 aromatic carbocycles. The number of aromatic nitrogens is 2. The minimum absolute atomic E-state index is 0.0856. The van der Waals surface area contributed by atoms with Crippen molar-refractivity contribution in [2.24, 2.45) is 0 Å². The maximum Gasteiger partial charge on any atom is 0.260 e. The van der Waals surface area contributed by atoms with Gasteiger partial charge < -0.3 is 14.5 Å². The van der Waals surface area contributed by atoms with E-state index < -0.39 is 0 Å². The summed E-state index contributed by atoms with van der Waals surface area (Å²) >= 11 is 0. The molecule has 0 spiro atoms. The standard InChI is InChI=1S/C21H23FN4O3/c1-14(27)25-8-6-15(11-25)21-23-10-16-12-26(9-7-19(16)24-21)20(28)13-29-18-4-2-17(22)3-5-18/h2-5,10,15H,6-9,11-13H2,1H3/t15-/m1/s1. The first kappa shape index (κ1) is 19.3. The van der Waals surface area contributed by atoms with E-state index in [4.69, 9.17) is 9.72 Å². The van der Waals surface area contributed by atoms with Crippen LogP contribution in [-0.4, -0.2) is 57.8 Å². The molecule has 152 valence electrons. The molecule has 1 saturated heterocycles. The van der Waals surface area contributed by atoms with Gasteiger partial charge in [0.25, 0.3) is 5.91 Å². The predicted octanol–water partition coefficient (Wildman–Crippen LogP) is 1.92. The zero-order chi connectivity index (χ0) is 20.4. The highest BCUT2D eigenvalue weighted by molar-refractivity contribution is 5.78. The summed E-state index contributed by atoms with van der Waals surface area (Å²) in [6.07, 6.45) is 3.34. The second-order valence-electron chi connectivity index (χ2n) is 7.46. The molecule has 0 N–H and O–H groups in total. The number of nitrogens with zero attached hydrogens (tertiary/aromatic N) is 4. The van der Waals surface area contributed by atoms with Gasteiger partial charge in [0.2, 0.25) is 5.91 Å². The number of ether oxygens (including phenoxy) is 1. The van der Waals surface area contributed by atoms with Crippen LogP contribution in [-0.2, 0) is 22.6 Å². The van der Waals surface area contributed by atoms with Crippen LogP contribution in [0.5, 0.6) is 5.75 Å². The highest BCUT2D eigenvalue weighted by Gasteiger charge is 2.29. The predicted molar refractivity (Wildman–Crippen MR) is 103 cm³/mol. The topological polar surface area (TPSA) is 75.6 Å². The largest absolute Gasteiger partial charge is 0.484 e. The van der Waals surface area contributed by atoms with Crippen LogP contribution in [0.25, 0.3) is 0 Å². The normalized spacial score (nSPS) is 18.5. The van der Waals surface area contributed by atoms with Gasteiger partial charge in [-0.3, -0.25) is 9.59 Å². The Labute approximate surface area is 168 Å². The van der Waals surface area contributed by atoms with E-state index in [0.29, 0.717) is 31.8 Å². The number of hydrogen-bond acceptors (Lipinski definition) is 5. The fourth-order valence-electron chi connectivity index (χ4n) is 3.77. The van der Waals surface area contributed by atoms with Crippen LogP contribution in [0.1, 0.15) is 36.3 Å². The minimum Gasteiger partial charge on any atom is -0.484 e. The molecule has 8 heteroatoms. The van der Waals surface area contributed by atoms with Gasteiger partial charge in [0.1, 0.15) is 17.4 Å². The number of rotatable bonds is 4. The Bertz CT molecular complexity index is 919. The van der Waals surface area contributed by atoms with Crippen LogP contribution < -0.4 is 4.74 Å². The molecular weight excluding hydrogens is 375 g/mol. The van der Waals surface area contributed by atoms with E-state index >= 15 is 0 Å². The summed E-state index contributed by atoms with van der Waals surface area (Å²) in [5.41, 5.74) is 1.91. The molecule has 1 atom stereocenters. The molecule has 2 aliphatic heterocycles. The molecule has 2 aromatic rings. The second-order valence-corrected chi connectivity index (χ2v) is 7.46. The Morgan fingerprint density at radius 1 is 1.21 bits per heavy atom. The molecule has 2 amide bonds. The zero-order valence-corrected chi connectivity index (χ0v) is 16.3. The number of hydrogen-bond donors (Lipinski definition) is 0. The van der Waals surface area contributed by atoms with Crippen molar-refractivity contribution in [1.29, 1.82) is 0 Å². The zero-order valence-electron chi connectivity index (χ0n) is 16.3. The number of fused-ring (bicyclic) bond motifs is 1. The summed E-state index contributed by atoms with van der Waals surface area (Å²) in [5.74, 6) is 1.03. The number of benzene rings is 1. The van der Waals surface area contributed by atoms with Gasteiger partial charge in [-0.05, 0) is 30.7 Å². The Kier molecular flexibility index (Phi) is 5.42. The van der Waals surface area contributed by atoms with Crippen molar-refractivity contribution < 1.29 is 18.7 Å². The molecule has 0 bridgehead atoms. The van der Waals surface area contributed by atoms with Crippen LogP contribution in [0.2, 0.25) is 0 Å². The number of carbonyl (C=O) groups excluding carboxylic acids is 2. The number of amides is 2. The van der Waals surface area contributed by atoms with E-state index in [9.17, 15) is 14.0 Å². The average Bonchev–Trinajstić information content (AvgIpc) is 3.23. The Morgan fingerprint density at radius 3 is 2.72 bits per heavy atom. The SMILES string of the molecule is CC(=O)N1CC[C@@H](c2ncc3c(n2)CCN(C(=O)COc2ccc(F)cc2)C3)C1. The first-order valence-electron chi connectivity index (χ1n) is 9.76. The van der Waals surface area contributed by atoms with Gasteiger partial charge >= 0.3 is 0 Å². The van der Waals surface area contributed by atoms with Crippen LogP contribution in [0.3, 0.4) is 0 Å². The number of carbonyl (C=O) groups is 2. The highest BCUT2D eigenvalue weighted by Crippen LogP contribution is 2.26. The third-order valence-electron chi connectivity index (χ3n) is 5.48. The summed E-state index contributed by atoms with van der Waals surface area (Å²) < 4.78 is 18.4. The van der Waals surface area contributed by atoms with Crippen LogP contribution in [0.4, 0.5) is 4.39 Å². The lowest BCUT2D eigenvalue weighted by Crippen LogP contribution is -2.39. The highest BCUT2D eigenvalue weighted by atomic mass is 19.1. The lowest BCUT2D eigenvalue weighted by molar-refractivity contribution is -0.134. The molecule has 3 heterocycles. The summed E-state index contributed by atoms with van der Waals surface area (Å²) in [6, 6.07) is 5.59. The smallest absolute Gasteiger partial charge is 0.260 e. The van der Waals surface area contributed by atoms with Crippen LogP contribution in [0, 0.1) is 5.82 Å². The third kappa shape index (κ3) is 4.36. The summed E-state index contributed by atoms with van der Waals surface area (Å²) in [7, 11) is 0. The molecule has 2 aliphatic rings. The molecule has 0 unspecified atom stereocenters. The van der Waals surface area contributed by atoms with Crippen molar-refractivity contribution in [3.8, 4) is 5.75 Å². The van der Waals surface area contributed by atoms with Crippen molar-refractivity contribution in [2.75, 3.05) is 26.2 Å². The van der Waals surface area contributed by atoms with Gasteiger partial charge in [-0.2, -0.15) is 0 Å². The minimum atomic E-state index is -0.345. The summed E-state index contributed by atoms with van der Waals surface area (Å²) in [4.78, 5) is 36.8. The van der Waals surface area contributed by atoms with E-state index in [0.717, 1.165) is 30.0 Å². The molecule has 0 aliphatic carbocycles. The lowest BCUT2D eigenvalue weighted by Gasteiger charge is -2.28. The monoisotopic (exact) mass is 398 g/mol. The van der Waals surface area contributed by atoms with E-state index in [-0.39, 0.29) is 30.2 Å². The lowest BCUT2D eigenvalue weighted by atomic mass is 10.0. The van der Waals surface area contributed by atoms with Gasteiger partial charge in [0, 0.05) is 57.2 Å². The number of halogens is 1. The van der Waals surface area contributed by atoms with Gasteiger partial charge in [-0.25, -0.2) is 14.4 Å². The molecule has 4 rings (SSSR count). The van der Waals surface area contributed by atoms with Crippen molar-refractivity contribution in [3.05, 3.63) is 53.4 Å².